The van der Waals surface area contributed by atoms with Crippen molar-refractivity contribution in [3.05, 3.63) is 34.7 Å². The Labute approximate surface area is 111 Å². The Morgan fingerprint density at radius 1 is 1.38 bits per heavy atom. The molecule has 0 radical (unpaired) electrons. The van der Waals surface area contributed by atoms with E-state index in [0.717, 1.165) is 9.86 Å². The van der Waals surface area contributed by atoms with Gasteiger partial charge >= 0.3 is 5.97 Å². The van der Waals surface area contributed by atoms with Gasteiger partial charge in [0.05, 0.1) is 17.1 Å². The standard InChI is InChI=1S/C10H7BrN2O2.BrH/c1-15-10(14)8-3-2-6-4-12-5-7(11)9(6)13-8;/h2-5H,1H3;1H. The Morgan fingerprint density at radius 2 is 2.12 bits per heavy atom. The van der Waals surface area contributed by atoms with Crippen LogP contribution in [0.3, 0.4) is 0 Å². The average Bonchev–Trinajstić information content (AvgIpc) is 2.28. The Morgan fingerprint density at radius 3 is 2.81 bits per heavy atom. The number of fused-ring (bicyclic) bond motifs is 1. The monoisotopic (exact) mass is 346 g/mol. The van der Waals surface area contributed by atoms with E-state index in [1.54, 1.807) is 24.5 Å². The van der Waals surface area contributed by atoms with Crippen LogP contribution in [0.15, 0.2) is 29.0 Å². The van der Waals surface area contributed by atoms with Crippen molar-refractivity contribution < 1.29 is 9.53 Å². The van der Waals surface area contributed by atoms with E-state index >= 15 is 0 Å². The summed E-state index contributed by atoms with van der Waals surface area (Å²) in [6.45, 7) is 0. The third-order valence-electron chi connectivity index (χ3n) is 1.95. The van der Waals surface area contributed by atoms with E-state index in [9.17, 15) is 4.79 Å². The number of nitrogens with zero attached hydrogens (tertiary/aromatic N) is 2. The molecule has 0 spiro atoms. The number of carbonyl (C=O) groups is 1. The van der Waals surface area contributed by atoms with Crippen LogP contribution in [0, 0.1) is 0 Å². The van der Waals surface area contributed by atoms with Crippen molar-refractivity contribution in [2.24, 2.45) is 0 Å². The Balaban J connectivity index is 0.00000128. The summed E-state index contributed by atoms with van der Waals surface area (Å²) in [4.78, 5) is 19.4. The summed E-state index contributed by atoms with van der Waals surface area (Å²) in [6.07, 6.45) is 3.32. The fraction of sp³-hybridized carbons (Fsp3) is 0.100. The Hall–Kier alpha value is -1.01. The highest BCUT2D eigenvalue weighted by molar-refractivity contribution is 9.10. The molecule has 84 valence electrons. The van der Waals surface area contributed by atoms with Crippen molar-refractivity contribution in [3.8, 4) is 0 Å². The molecule has 0 aliphatic heterocycles. The predicted molar refractivity (Wildman–Crippen MR) is 68.9 cm³/mol. The summed E-state index contributed by atoms with van der Waals surface area (Å²) in [6, 6.07) is 3.40. The molecule has 0 fully saturated rings. The first kappa shape index (κ1) is 13.1. The van der Waals surface area contributed by atoms with E-state index in [1.807, 2.05) is 0 Å². The van der Waals surface area contributed by atoms with Crippen LogP contribution in [-0.4, -0.2) is 23.0 Å². The predicted octanol–water partition coefficient (Wildman–Crippen LogP) is 2.76. The first-order chi connectivity index (χ1) is 7.22. The highest BCUT2D eigenvalue weighted by Gasteiger charge is 2.09. The fourth-order valence-electron chi connectivity index (χ4n) is 1.23. The molecule has 0 unspecified atom stereocenters. The lowest BCUT2D eigenvalue weighted by atomic mass is 10.2. The van der Waals surface area contributed by atoms with Crippen LogP contribution in [0.1, 0.15) is 10.5 Å². The number of hydrogen-bond acceptors (Lipinski definition) is 4. The maximum absolute atomic E-state index is 11.3. The molecular formula is C10H8Br2N2O2. The molecule has 2 aromatic heterocycles. The van der Waals surface area contributed by atoms with Gasteiger partial charge in [-0.2, -0.15) is 0 Å². The molecule has 0 saturated heterocycles. The number of methoxy groups -OCH3 is 1. The highest BCUT2D eigenvalue weighted by Crippen LogP contribution is 2.20. The number of aromatic nitrogens is 2. The summed E-state index contributed by atoms with van der Waals surface area (Å²) in [5, 5.41) is 0.872. The molecule has 2 rings (SSSR count). The number of carbonyl (C=O) groups excluding carboxylic acids is 1. The second-order valence-corrected chi connectivity index (χ2v) is 3.74. The van der Waals surface area contributed by atoms with Gasteiger partial charge in [-0.3, -0.25) is 4.98 Å². The van der Waals surface area contributed by atoms with Gasteiger partial charge in [-0.15, -0.1) is 17.0 Å². The zero-order chi connectivity index (χ0) is 10.8. The van der Waals surface area contributed by atoms with Gasteiger partial charge < -0.3 is 4.74 Å². The summed E-state index contributed by atoms with van der Waals surface area (Å²) in [7, 11) is 1.33. The van der Waals surface area contributed by atoms with Gasteiger partial charge in [0.1, 0.15) is 5.69 Å². The maximum Gasteiger partial charge on any atom is 0.356 e. The van der Waals surface area contributed by atoms with Crippen LogP contribution >= 0.6 is 32.9 Å². The van der Waals surface area contributed by atoms with E-state index in [2.05, 4.69) is 30.6 Å². The Kier molecular flexibility index (Phi) is 4.37. The molecule has 0 atom stereocenters. The molecule has 0 bridgehead atoms. The minimum atomic E-state index is -0.444. The zero-order valence-corrected chi connectivity index (χ0v) is 11.6. The molecule has 4 nitrogen and oxygen atoms in total. The lowest BCUT2D eigenvalue weighted by Crippen LogP contribution is -2.04. The molecule has 2 heterocycles. The second-order valence-electron chi connectivity index (χ2n) is 2.88. The van der Waals surface area contributed by atoms with E-state index in [4.69, 9.17) is 0 Å². The van der Waals surface area contributed by atoms with Crippen LogP contribution in [0.25, 0.3) is 10.9 Å². The number of ether oxygens (including phenoxy) is 1. The average molecular weight is 348 g/mol. The Bertz CT molecular complexity index is 531. The van der Waals surface area contributed by atoms with Gasteiger partial charge in [0.25, 0.3) is 0 Å². The van der Waals surface area contributed by atoms with Crippen molar-refractivity contribution in [2.45, 2.75) is 0 Å². The minimum Gasteiger partial charge on any atom is -0.464 e. The van der Waals surface area contributed by atoms with E-state index < -0.39 is 5.97 Å². The van der Waals surface area contributed by atoms with E-state index in [1.165, 1.54) is 7.11 Å². The molecule has 0 amide bonds. The van der Waals surface area contributed by atoms with Crippen molar-refractivity contribution in [2.75, 3.05) is 7.11 Å². The highest BCUT2D eigenvalue weighted by atomic mass is 79.9. The quantitative estimate of drug-likeness (QED) is 0.744. The maximum atomic E-state index is 11.3. The van der Waals surface area contributed by atoms with Crippen molar-refractivity contribution in [1.82, 2.24) is 9.97 Å². The molecule has 0 aromatic carbocycles. The molecule has 0 aliphatic rings. The van der Waals surface area contributed by atoms with Crippen LogP contribution in [0.4, 0.5) is 0 Å². The van der Waals surface area contributed by atoms with Crippen LogP contribution in [0.2, 0.25) is 0 Å². The number of hydrogen-bond donors (Lipinski definition) is 0. The number of halogens is 2. The van der Waals surface area contributed by atoms with E-state index in [0.29, 0.717) is 5.52 Å². The molecular weight excluding hydrogens is 340 g/mol. The van der Waals surface area contributed by atoms with E-state index in [-0.39, 0.29) is 22.7 Å². The summed E-state index contributed by atoms with van der Waals surface area (Å²) >= 11 is 3.32. The lowest BCUT2D eigenvalue weighted by Gasteiger charge is -2.01. The number of esters is 1. The third kappa shape index (κ3) is 2.38. The van der Waals surface area contributed by atoms with Crippen LogP contribution in [-0.2, 0) is 4.74 Å². The topological polar surface area (TPSA) is 52.1 Å². The van der Waals surface area contributed by atoms with Crippen LogP contribution < -0.4 is 0 Å². The van der Waals surface area contributed by atoms with Crippen LogP contribution in [0.5, 0.6) is 0 Å². The number of rotatable bonds is 1. The van der Waals surface area contributed by atoms with Gasteiger partial charge in [-0.05, 0) is 28.1 Å². The summed E-state index contributed by atoms with van der Waals surface area (Å²) in [5.41, 5.74) is 0.991. The molecule has 6 heteroatoms. The molecule has 0 aliphatic carbocycles. The largest absolute Gasteiger partial charge is 0.464 e. The molecule has 16 heavy (non-hydrogen) atoms. The lowest BCUT2D eigenvalue weighted by molar-refractivity contribution is 0.0594. The first-order valence-electron chi connectivity index (χ1n) is 4.21. The molecule has 0 saturated carbocycles. The SMILES string of the molecule is Br.COC(=O)c1ccc2cncc(Br)c2n1. The van der Waals surface area contributed by atoms with Gasteiger partial charge in [0.2, 0.25) is 0 Å². The minimum absolute atomic E-state index is 0. The number of pyridine rings is 2. The molecule has 0 N–H and O–H groups in total. The fourth-order valence-corrected chi connectivity index (χ4v) is 1.66. The van der Waals surface area contributed by atoms with Crippen molar-refractivity contribution >= 4 is 49.8 Å². The van der Waals surface area contributed by atoms with Crippen molar-refractivity contribution in [3.63, 3.8) is 0 Å². The van der Waals surface area contributed by atoms with Gasteiger partial charge in [-0.1, -0.05) is 0 Å². The van der Waals surface area contributed by atoms with Gasteiger partial charge in [0, 0.05) is 17.8 Å². The van der Waals surface area contributed by atoms with Gasteiger partial charge in [0.15, 0.2) is 0 Å². The normalized spacial score (nSPS) is 9.62. The van der Waals surface area contributed by atoms with Gasteiger partial charge in [-0.25, -0.2) is 9.78 Å². The smallest absolute Gasteiger partial charge is 0.356 e. The second kappa shape index (κ2) is 5.36. The third-order valence-corrected chi connectivity index (χ3v) is 2.53. The molecule has 2 aromatic rings. The first-order valence-corrected chi connectivity index (χ1v) is 5.00. The summed E-state index contributed by atoms with van der Waals surface area (Å²) in [5.74, 6) is -0.444. The van der Waals surface area contributed by atoms with Crippen molar-refractivity contribution in [1.29, 1.82) is 0 Å². The zero-order valence-electron chi connectivity index (χ0n) is 8.31. The summed E-state index contributed by atoms with van der Waals surface area (Å²) < 4.78 is 5.35.